The molecule has 3 aliphatic heterocycles. The first-order valence-electron chi connectivity index (χ1n) is 11.3. The molecule has 5 rings (SSSR count). The Morgan fingerprint density at radius 2 is 1.61 bits per heavy atom. The van der Waals surface area contributed by atoms with Crippen molar-refractivity contribution < 1.29 is 14.3 Å². The third-order valence-corrected chi connectivity index (χ3v) is 6.77. The fourth-order valence-electron chi connectivity index (χ4n) is 5.20. The van der Waals surface area contributed by atoms with Gasteiger partial charge >= 0.3 is 0 Å². The summed E-state index contributed by atoms with van der Waals surface area (Å²) in [7, 11) is 0. The molecule has 0 aliphatic carbocycles. The van der Waals surface area contributed by atoms with Gasteiger partial charge in [-0.1, -0.05) is 60.7 Å². The first kappa shape index (κ1) is 20.2. The molecule has 5 unspecified atom stereocenters. The summed E-state index contributed by atoms with van der Waals surface area (Å²) in [6.45, 7) is 2.22. The predicted molar refractivity (Wildman–Crippen MR) is 117 cm³/mol. The Kier molecular flexibility index (Phi) is 5.74. The minimum atomic E-state index is -0.450. The highest BCUT2D eigenvalue weighted by molar-refractivity contribution is 5.83. The second-order valence-electron chi connectivity index (χ2n) is 8.76. The molecular weight excluding hydrogens is 390 g/mol. The smallest absolute Gasteiger partial charge is 0.229 e. The van der Waals surface area contributed by atoms with E-state index in [0.29, 0.717) is 13.0 Å². The van der Waals surface area contributed by atoms with Crippen LogP contribution in [0, 0.1) is 11.8 Å². The van der Waals surface area contributed by atoms with Crippen LogP contribution in [0.5, 0.6) is 0 Å². The summed E-state index contributed by atoms with van der Waals surface area (Å²) < 4.78 is 6.32. The van der Waals surface area contributed by atoms with Crippen molar-refractivity contribution in [1.29, 1.82) is 0 Å². The number of nitrogens with zero attached hydrogens (tertiary/aromatic N) is 1. The van der Waals surface area contributed by atoms with Crippen molar-refractivity contribution in [3.63, 3.8) is 0 Å². The number of amides is 2. The highest BCUT2D eigenvalue weighted by atomic mass is 16.5. The van der Waals surface area contributed by atoms with Crippen LogP contribution in [0.25, 0.3) is 0 Å². The Bertz CT molecular complexity index is 920. The maximum Gasteiger partial charge on any atom is 0.229 e. The molecule has 3 fully saturated rings. The lowest BCUT2D eigenvalue weighted by Gasteiger charge is -2.24. The van der Waals surface area contributed by atoms with E-state index in [-0.39, 0.29) is 35.8 Å². The lowest BCUT2D eigenvalue weighted by molar-refractivity contribution is -0.134. The van der Waals surface area contributed by atoms with Crippen LogP contribution in [-0.4, -0.2) is 42.6 Å². The van der Waals surface area contributed by atoms with Gasteiger partial charge in [0.15, 0.2) is 0 Å². The number of hydrogen-bond donors (Lipinski definition) is 2. The zero-order chi connectivity index (χ0) is 21.2. The molecule has 0 saturated carbocycles. The number of nitrogens with one attached hydrogen (secondary N) is 2. The molecule has 5 atom stereocenters. The van der Waals surface area contributed by atoms with Gasteiger partial charge < -0.3 is 20.3 Å². The van der Waals surface area contributed by atoms with Gasteiger partial charge in [-0.15, -0.1) is 0 Å². The van der Waals surface area contributed by atoms with Crippen LogP contribution in [0.4, 0.5) is 0 Å². The molecule has 2 amide bonds. The van der Waals surface area contributed by atoms with Crippen molar-refractivity contribution >= 4 is 11.8 Å². The Morgan fingerprint density at radius 3 is 2.35 bits per heavy atom. The molecule has 2 aromatic rings. The first-order valence-corrected chi connectivity index (χ1v) is 11.3. The van der Waals surface area contributed by atoms with Gasteiger partial charge in [0.25, 0.3) is 0 Å². The fourth-order valence-corrected chi connectivity index (χ4v) is 5.20. The van der Waals surface area contributed by atoms with E-state index in [2.05, 4.69) is 22.8 Å². The second kappa shape index (κ2) is 8.81. The number of benzene rings is 2. The Hall–Kier alpha value is -2.70. The zero-order valence-corrected chi connectivity index (χ0v) is 17.6. The van der Waals surface area contributed by atoms with E-state index >= 15 is 0 Å². The number of carbonyl (C=O) groups is 2. The molecule has 3 saturated heterocycles. The van der Waals surface area contributed by atoms with Crippen LogP contribution in [-0.2, 0) is 14.3 Å². The monoisotopic (exact) mass is 419 g/mol. The lowest BCUT2D eigenvalue weighted by Crippen LogP contribution is -2.42. The van der Waals surface area contributed by atoms with E-state index < -0.39 is 6.23 Å². The molecule has 0 radical (unpaired) electrons. The van der Waals surface area contributed by atoms with Crippen molar-refractivity contribution in [3.8, 4) is 0 Å². The maximum atomic E-state index is 13.2. The number of hydrogen-bond acceptors (Lipinski definition) is 4. The van der Waals surface area contributed by atoms with E-state index in [1.165, 1.54) is 0 Å². The molecule has 3 heterocycles. The third kappa shape index (κ3) is 4.10. The molecule has 2 aromatic carbocycles. The molecule has 6 heteroatoms. The number of ether oxygens (including phenoxy) is 1. The molecule has 162 valence electrons. The molecule has 6 nitrogen and oxygen atoms in total. The van der Waals surface area contributed by atoms with Crippen LogP contribution in [0.15, 0.2) is 60.7 Å². The van der Waals surface area contributed by atoms with Gasteiger partial charge in [-0.25, -0.2) is 0 Å². The normalized spacial score (nSPS) is 31.5. The summed E-state index contributed by atoms with van der Waals surface area (Å²) in [6.07, 6.45) is 1.49. The zero-order valence-electron chi connectivity index (χ0n) is 17.6. The molecule has 0 spiro atoms. The van der Waals surface area contributed by atoms with E-state index in [4.69, 9.17) is 4.74 Å². The quantitative estimate of drug-likeness (QED) is 0.785. The molecule has 3 aliphatic rings. The molecule has 31 heavy (non-hydrogen) atoms. The van der Waals surface area contributed by atoms with Crippen LogP contribution in [0.1, 0.15) is 42.5 Å². The lowest BCUT2D eigenvalue weighted by atomic mass is 9.88. The van der Waals surface area contributed by atoms with Crippen LogP contribution in [0.3, 0.4) is 0 Å². The van der Waals surface area contributed by atoms with Gasteiger partial charge in [0.1, 0.15) is 6.23 Å². The number of carbonyl (C=O) groups excluding carboxylic acids is 2. The minimum absolute atomic E-state index is 0.0226. The molecule has 2 N–H and O–H groups in total. The minimum Gasteiger partial charge on any atom is -0.349 e. The van der Waals surface area contributed by atoms with Gasteiger partial charge in [-0.3, -0.25) is 9.59 Å². The summed E-state index contributed by atoms with van der Waals surface area (Å²) in [5.41, 5.74) is 2.11. The van der Waals surface area contributed by atoms with Crippen molar-refractivity contribution in [2.24, 2.45) is 11.8 Å². The standard InChI is InChI=1S/C25H29N3O3/c29-21-15-20(17-9-3-1-4-10-17)26-13-7-8-14-28-16-19-22(25(28)30)23(31-24(19)27-21)18-11-5-2-6-12-18/h1-6,9-12,19-20,22-24,26H,7-8,13-16H2,(H,27,29). The first-order chi connectivity index (χ1) is 15.2. The highest BCUT2D eigenvalue weighted by Crippen LogP contribution is 2.46. The maximum absolute atomic E-state index is 13.2. The fraction of sp³-hybridized carbons (Fsp3) is 0.440. The topological polar surface area (TPSA) is 70.7 Å². The van der Waals surface area contributed by atoms with E-state index in [1.54, 1.807) is 0 Å². The van der Waals surface area contributed by atoms with Crippen LogP contribution < -0.4 is 10.6 Å². The van der Waals surface area contributed by atoms with E-state index in [1.807, 2.05) is 53.4 Å². The summed E-state index contributed by atoms with van der Waals surface area (Å²) in [4.78, 5) is 28.2. The SMILES string of the molecule is O=C1CC(c2ccccc2)NCCCCN2CC3C(N1)OC(c1ccccc1)C3C2=O. The van der Waals surface area contributed by atoms with Crippen molar-refractivity contribution in [3.05, 3.63) is 71.8 Å². The van der Waals surface area contributed by atoms with Gasteiger partial charge in [0.2, 0.25) is 11.8 Å². The van der Waals surface area contributed by atoms with Gasteiger partial charge in [-0.2, -0.15) is 0 Å². The summed E-state index contributed by atoms with van der Waals surface area (Å²) in [5, 5.41) is 6.65. The average molecular weight is 420 g/mol. The Morgan fingerprint density at radius 1 is 0.903 bits per heavy atom. The average Bonchev–Trinajstić information content (AvgIpc) is 3.31. The largest absolute Gasteiger partial charge is 0.349 e. The van der Waals surface area contributed by atoms with Crippen molar-refractivity contribution in [2.45, 2.75) is 37.6 Å². The second-order valence-corrected chi connectivity index (χ2v) is 8.76. The van der Waals surface area contributed by atoms with Crippen molar-refractivity contribution in [1.82, 2.24) is 15.5 Å². The number of fused-ring (bicyclic) bond motifs is 1. The van der Waals surface area contributed by atoms with Crippen LogP contribution in [0.2, 0.25) is 0 Å². The van der Waals surface area contributed by atoms with E-state index in [0.717, 1.165) is 37.1 Å². The Labute approximate surface area is 183 Å². The third-order valence-electron chi connectivity index (χ3n) is 6.77. The highest BCUT2D eigenvalue weighted by Gasteiger charge is 2.55. The van der Waals surface area contributed by atoms with Gasteiger partial charge in [0, 0.05) is 31.5 Å². The van der Waals surface area contributed by atoms with Crippen molar-refractivity contribution in [2.75, 3.05) is 19.6 Å². The summed E-state index contributed by atoms with van der Waals surface area (Å²) in [5.74, 6) is -0.157. The van der Waals surface area contributed by atoms with Crippen LogP contribution >= 0.6 is 0 Å². The Balaban J connectivity index is 1.40. The van der Waals surface area contributed by atoms with Gasteiger partial charge in [0.05, 0.1) is 12.0 Å². The van der Waals surface area contributed by atoms with E-state index in [9.17, 15) is 9.59 Å². The van der Waals surface area contributed by atoms with Gasteiger partial charge in [-0.05, 0) is 30.5 Å². The summed E-state index contributed by atoms with van der Waals surface area (Å²) in [6, 6.07) is 20.0. The predicted octanol–water partition coefficient (Wildman–Crippen LogP) is 2.79. The summed E-state index contributed by atoms with van der Waals surface area (Å²) >= 11 is 0. The number of rotatable bonds is 2. The molecule has 0 aromatic heterocycles. The molecular formula is C25H29N3O3. The molecule has 2 bridgehead atoms.